The van der Waals surface area contributed by atoms with Crippen LogP contribution in [0.15, 0.2) is 53.0 Å². The Balaban J connectivity index is 1.88. The van der Waals surface area contributed by atoms with Crippen LogP contribution in [0.2, 0.25) is 0 Å². The molecule has 0 spiro atoms. The van der Waals surface area contributed by atoms with Crippen LogP contribution in [0.25, 0.3) is 10.9 Å². The van der Waals surface area contributed by atoms with Gasteiger partial charge in [0.15, 0.2) is 11.6 Å². The van der Waals surface area contributed by atoms with Crippen molar-refractivity contribution in [2.24, 2.45) is 0 Å². The molecule has 106 valence electrons. The number of para-hydroxylation sites is 1. The monoisotopic (exact) mass is 346 g/mol. The highest BCUT2D eigenvalue weighted by molar-refractivity contribution is 9.10. The van der Waals surface area contributed by atoms with E-state index < -0.39 is 5.82 Å². The molecule has 0 aliphatic heterocycles. The van der Waals surface area contributed by atoms with Gasteiger partial charge in [-0.2, -0.15) is 0 Å². The lowest BCUT2D eigenvalue weighted by Gasteiger charge is -2.10. The number of fused-ring (bicyclic) bond motifs is 1. The van der Waals surface area contributed by atoms with Gasteiger partial charge in [-0.15, -0.1) is 0 Å². The molecule has 0 atom stereocenters. The predicted octanol–water partition coefficient (Wildman–Crippen LogP) is 4.30. The van der Waals surface area contributed by atoms with E-state index in [4.69, 9.17) is 10.5 Å². The maximum Gasteiger partial charge on any atom is 0.165 e. The molecule has 2 aromatic carbocycles. The summed E-state index contributed by atoms with van der Waals surface area (Å²) in [7, 11) is 0. The van der Waals surface area contributed by atoms with Gasteiger partial charge in [-0.25, -0.2) is 9.37 Å². The van der Waals surface area contributed by atoms with Crippen LogP contribution in [0.1, 0.15) is 5.56 Å². The summed E-state index contributed by atoms with van der Waals surface area (Å²) in [5.74, 6) is 0.159. The van der Waals surface area contributed by atoms with E-state index in [1.54, 1.807) is 12.1 Å². The molecule has 0 saturated carbocycles. The summed E-state index contributed by atoms with van der Waals surface area (Å²) < 4.78 is 19.9. The van der Waals surface area contributed by atoms with Crippen molar-refractivity contribution >= 4 is 32.7 Å². The summed E-state index contributed by atoms with van der Waals surface area (Å²) in [6.45, 7) is 0.164. The van der Waals surface area contributed by atoms with Crippen molar-refractivity contribution in [3.63, 3.8) is 0 Å². The molecule has 0 amide bonds. The molecular weight excluding hydrogens is 335 g/mol. The zero-order valence-electron chi connectivity index (χ0n) is 11.0. The summed E-state index contributed by atoms with van der Waals surface area (Å²) in [4.78, 5) is 4.32. The Hall–Kier alpha value is -2.14. The average Bonchev–Trinajstić information content (AvgIpc) is 2.48. The number of nitrogens with two attached hydrogens (primary N) is 1. The van der Waals surface area contributed by atoms with Crippen molar-refractivity contribution in [1.29, 1.82) is 0 Å². The fourth-order valence-corrected chi connectivity index (χ4v) is 2.37. The summed E-state index contributed by atoms with van der Waals surface area (Å²) >= 11 is 3.29. The minimum atomic E-state index is -0.412. The highest BCUT2D eigenvalue weighted by Gasteiger charge is 2.08. The molecule has 0 saturated heterocycles. The number of hydrogen-bond acceptors (Lipinski definition) is 3. The zero-order valence-corrected chi connectivity index (χ0v) is 12.6. The van der Waals surface area contributed by atoms with Gasteiger partial charge in [-0.1, -0.05) is 34.1 Å². The fraction of sp³-hybridized carbons (Fsp3) is 0.0625. The lowest BCUT2D eigenvalue weighted by Crippen LogP contribution is -2.03. The molecule has 0 bridgehead atoms. The van der Waals surface area contributed by atoms with Gasteiger partial charge in [0, 0.05) is 15.4 Å². The molecule has 1 aromatic heterocycles. The van der Waals surface area contributed by atoms with Gasteiger partial charge in [0.25, 0.3) is 0 Å². The van der Waals surface area contributed by atoms with Gasteiger partial charge in [0.05, 0.1) is 5.52 Å². The normalized spacial score (nSPS) is 10.8. The van der Waals surface area contributed by atoms with Crippen LogP contribution in [-0.4, -0.2) is 4.98 Å². The summed E-state index contributed by atoms with van der Waals surface area (Å²) in [6, 6.07) is 14.1. The van der Waals surface area contributed by atoms with Crippen LogP contribution in [-0.2, 0) is 6.61 Å². The first kappa shape index (κ1) is 13.8. The Kier molecular flexibility index (Phi) is 3.75. The molecule has 21 heavy (non-hydrogen) atoms. The number of nitrogens with zero attached hydrogens (tertiary/aromatic N) is 1. The van der Waals surface area contributed by atoms with Crippen LogP contribution < -0.4 is 10.5 Å². The Bertz CT molecular complexity index is 807. The summed E-state index contributed by atoms with van der Waals surface area (Å²) in [6.07, 6.45) is 0. The SMILES string of the molecule is Nc1nc2ccccc2cc1COc1cc(Br)ccc1F. The molecule has 2 N–H and O–H groups in total. The van der Waals surface area contributed by atoms with Gasteiger partial charge < -0.3 is 10.5 Å². The molecule has 0 aliphatic carbocycles. The maximum absolute atomic E-state index is 13.6. The van der Waals surface area contributed by atoms with Crippen LogP contribution in [0, 0.1) is 5.82 Å². The zero-order chi connectivity index (χ0) is 14.8. The first-order valence-corrected chi connectivity index (χ1v) is 7.15. The Morgan fingerprint density at radius 1 is 1.14 bits per heavy atom. The van der Waals surface area contributed by atoms with Crippen molar-refractivity contribution in [3.05, 3.63) is 64.4 Å². The third kappa shape index (κ3) is 2.97. The molecule has 3 nitrogen and oxygen atoms in total. The van der Waals surface area contributed by atoms with E-state index in [-0.39, 0.29) is 12.4 Å². The van der Waals surface area contributed by atoms with Crippen LogP contribution in [0.4, 0.5) is 10.2 Å². The second kappa shape index (κ2) is 5.69. The number of hydrogen-bond donors (Lipinski definition) is 1. The minimum absolute atomic E-state index is 0.164. The van der Waals surface area contributed by atoms with Crippen molar-refractivity contribution in [2.45, 2.75) is 6.61 Å². The van der Waals surface area contributed by atoms with Gasteiger partial charge in [-0.05, 0) is 30.3 Å². The number of halogens is 2. The number of aromatic nitrogens is 1. The Morgan fingerprint density at radius 2 is 1.95 bits per heavy atom. The van der Waals surface area contributed by atoms with Crippen molar-refractivity contribution < 1.29 is 9.13 Å². The van der Waals surface area contributed by atoms with E-state index in [0.717, 1.165) is 20.9 Å². The third-order valence-electron chi connectivity index (χ3n) is 3.11. The number of ether oxygens (including phenoxy) is 1. The number of benzene rings is 2. The van der Waals surface area contributed by atoms with E-state index >= 15 is 0 Å². The molecule has 0 aliphatic rings. The van der Waals surface area contributed by atoms with Crippen LogP contribution in [0.3, 0.4) is 0 Å². The number of rotatable bonds is 3. The van der Waals surface area contributed by atoms with E-state index in [9.17, 15) is 4.39 Å². The predicted molar refractivity (Wildman–Crippen MR) is 84.6 cm³/mol. The molecule has 0 fully saturated rings. The molecule has 1 heterocycles. The highest BCUT2D eigenvalue weighted by Crippen LogP contribution is 2.25. The first-order valence-electron chi connectivity index (χ1n) is 6.35. The van der Waals surface area contributed by atoms with Crippen molar-refractivity contribution in [2.75, 3.05) is 5.73 Å². The fourth-order valence-electron chi connectivity index (χ4n) is 2.03. The summed E-state index contributed by atoms with van der Waals surface area (Å²) in [5.41, 5.74) is 7.48. The van der Waals surface area contributed by atoms with Gasteiger partial charge in [0.2, 0.25) is 0 Å². The topological polar surface area (TPSA) is 48.1 Å². The van der Waals surface area contributed by atoms with E-state index in [2.05, 4.69) is 20.9 Å². The second-order valence-corrected chi connectivity index (χ2v) is 5.50. The summed E-state index contributed by atoms with van der Waals surface area (Å²) in [5, 5.41) is 0.972. The van der Waals surface area contributed by atoms with Crippen LogP contribution >= 0.6 is 15.9 Å². The van der Waals surface area contributed by atoms with Gasteiger partial charge >= 0.3 is 0 Å². The number of anilines is 1. The number of nitrogen functional groups attached to an aromatic ring is 1. The maximum atomic E-state index is 13.6. The van der Waals surface area contributed by atoms with Crippen LogP contribution in [0.5, 0.6) is 5.75 Å². The lowest BCUT2D eigenvalue weighted by molar-refractivity contribution is 0.290. The largest absolute Gasteiger partial charge is 0.486 e. The van der Waals surface area contributed by atoms with Gasteiger partial charge in [0.1, 0.15) is 12.4 Å². The molecule has 3 rings (SSSR count). The molecule has 3 aromatic rings. The number of pyridine rings is 1. The van der Waals surface area contributed by atoms with E-state index in [1.807, 2.05) is 30.3 Å². The lowest BCUT2D eigenvalue weighted by atomic mass is 10.1. The Morgan fingerprint density at radius 3 is 2.81 bits per heavy atom. The average molecular weight is 347 g/mol. The molecule has 0 radical (unpaired) electrons. The molecular formula is C16H12BrFN2O. The quantitative estimate of drug-likeness (QED) is 0.769. The minimum Gasteiger partial charge on any atom is -0.486 e. The van der Waals surface area contributed by atoms with E-state index in [1.165, 1.54) is 6.07 Å². The molecule has 0 unspecified atom stereocenters. The third-order valence-corrected chi connectivity index (χ3v) is 3.61. The van der Waals surface area contributed by atoms with Crippen molar-refractivity contribution in [1.82, 2.24) is 4.98 Å². The first-order chi connectivity index (χ1) is 10.1. The standard InChI is InChI=1S/C16H12BrFN2O/c17-12-5-6-13(18)15(8-12)21-9-11-7-10-3-1-2-4-14(10)20-16(11)19/h1-8H,9H2,(H2,19,20). The Labute approximate surface area is 129 Å². The smallest absolute Gasteiger partial charge is 0.165 e. The molecule has 5 heteroatoms. The van der Waals surface area contributed by atoms with Gasteiger partial charge in [-0.3, -0.25) is 0 Å². The van der Waals surface area contributed by atoms with E-state index in [0.29, 0.717) is 5.82 Å². The highest BCUT2D eigenvalue weighted by atomic mass is 79.9. The van der Waals surface area contributed by atoms with Crippen molar-refractivity contribution in [3.8, 4) is 5.75 Å². The second-order valence-electron chi connectivity index (χ2n) is 4.59.